The van der Waals surface area contributed by atoms with Gasteiger partial charge in [-0.05, 0) is 30.7 Å². The van der Waals surface area contributed by atoms with Crippen LogP contribution in [-0.2, 0) is 11.3 Å². The van der Waals surface area contributed by atoms with Gasteiger partial charge in [-0.15, -0.1) is 10.2 Å². The molecule has 2 aromatic rings. The van der Waals surface area contributed by atoms with Crippen LogP contribution in [0.25, 0.3) is 0 Å². The van der Waals surface area contributed by atoms with Crippen molar-refractivity contribution >= 4 is 5.82 Å². The van der Waals surface area contributed by atoms with Crippen LogP contribution in [0.5, 0.6) is 0 Å². The first-order valence-electron chi connectivity index (χ1n) is 5.96. The number of hydrogen-bond acceptors (Lipinski definition) is 6. The molecule has 0 spiro atoms. The van der Waals surface area contributed by atoms with E-state index in [1.165, 1.54) is 0 Å². The topological polar surface area (TPSA) is 84.0 Å². The molecule has 0 fully saturated rings. The monoisotopic (exact) mass is 258 g/mol. The minimum Gasteiger partial charge on any atom is -0.467 e. The smallest absolute Gasteiger partial charge is 0.163 e. The lowest BCUT2D eigenvalue weighted by Crippen LogP contribution is -2.07. The maximum absolute atomic E-state index is 8.58. The van der Waals surface area contributed by atoms with Crippen LogP contribution in [0.2, 0.25) is 0 Å². The lowest BCUT2D eigenvalue weighted by atomic mass is 10.4. The number of hydrogen-bond donors (Lipinski definition) is 1. The summed E-state index contributed by atoms with van der Waals surface area (Å²) in [4.78, 5) is 0. The third-order valence-electron chi connectivity index (χ3n) is 2.38. The lowest BCUT2D eigenvalue weighted by Gasteiger charge is -2.05. The molecule has 0 aliphatic rings. The second-order valence-electron chi connectivity index (χ2n) is 3.83. The third kappa shape index (κ3) is 4.41. The van der Waals surface area contributed by atoms with Crippen LogP contribution in [0, 0.1) is 11.3 Å². The molecule has 2 heterocycles. The quantitative estimate of drug-likeness (QED) is 0.764. The van der Waals surface area contributed by atoms with Crippen molar-refractivity contribution in [2.24, 2.45) is 0 Å². The summed E-state index contributed by atoms with van der Waals surface area (Å²) in [5.41, 5.74) is 0.312. The Labute approximate surface area is 111 Å². The molecule has 0 amide bonds. The van der Waals surface area contributed by atoms with Gasteiger partial charge in [-0.1, -0.05) is 0 Å². The molecule has 0 radical (unpaired) electrons. The molecule has 19 heavy (non-hydrogen) atoms. The normalized spacial score (nSPS) is 10.1. The van der Waals surface area contributed by atoms with Crippen molar-refractivity contribution in [3.8, 4) is 6.07 Å². The van der Waals surface area contributed by atoms with Gasteiger partial charge in [0.15, 0.2) is 5.69 Å². The molecule has 6 nitrogen and oxygen atoms in total. The predicted octanol–water partition coefficient (Wildman–Crippen LogP) is 1.96. The number of aromatic nitrogens is 2. The molecule has 2 aromatic heterocycles. The number of rotatable bonds is 7. The molecule has 0 atom stereocenters. The molecular formula is C13H14N4O2. The lowest BCUT2D eigenvalue weighted by molar-refractivity contribution is 0.106. The van der Waals surface area contributed by atoms with E-state index in [-0.39, 0.29) is 0 Å². The van der Waals surface area contributed by atoms with Gasteiger partial charge in [0.25, 0.3) is 0 Å². The molecule has 1 N–H and O–H groups in total. The number of nitriles is 1. The summed E-state index contributed by atoms with van der Waals surface area (Å²) in [6.07, 6.45) is 2.48. The Morgan fingerprint density at radius 3 is 2.95 bits per heavy atom. The Hall–Kier alpha value is -2.39. The predicted molar refractivity (Wildman–Crippen MR) is 68.2 cm³/mol. The summed E-state index contributed by atoms with van der Waals surface area (Å²) in [6, 6.07) is 9.00. The minimum absolute atomic E-state index is 0.312. The molecule has 0 aliphatic carbocycles. The van der Waals surface area contributed by atoms with Gasteiger partial charge in [-0.25, -0.2) is 0 Å². The first-order chi connectivity index (χ1) is 9.38. The molecule has 0 unspecified atom stereocenters. The summed E-state index contributed by atoms with van der Waals surface area (Å²) >= 11 is 0. The van der Waals surface area contributed by atoms with E-state index in [9.17, 15) is 0 Å². The van der Waals surface area contributed by atoms with Crippen molar-refractivity contribution in [3.63, 3.8) is 0 Å². The molecule has 6 heteroatoms. The Kier molecular flexibility index (Phi) is 4.90. The zero-order chi connectivity index (χ0) is 13.3. The highest BCUT2D eigenvalue weighted by Gasteiger charge is 1.97. The minimum atomic E-state index is 0.312. The maximum Gasteiger partial charge on any atom is 0.163 e. The highest BCUT2D eigenvalue weighted by molar-refractivity contribution is 5.34. The fourth-order valence-electron chi connectivity index (χ4n) is 1.44. The SMILES string of the molecule is N#Cc1ccc(NCCCOCc2ccco2)nn1. The van der Waals surface area contributed by atoms with E-state index in [0.717, 1.165) is 18.7 Å². The van der Waals surface area contributed by atoms with Gasteiger partial charge < -0.3 is 14.5 Å². The summed E-state index contributed by atoms with van der Waals surface area (Å²) in [7, 11) is 0. The van der Waals surface area contributed by atoms with Crippen LogP contribution in [0.3, 0.4) is 0 Å². The van der Waals surface area contributed by atoms with Gasteiger partial charge in [0.05, 0.1) is 6.26 Å². The molecule has 0 saturated heterocycles. The van der Waals surface area contributed by atoms with Crippen LogP contribution in [0.1, 0.15) is 17.9 Å². The second kappa shape index (κ2) is 7.13. The molecule has 0 bridgehead atoms. The van der Waals surface area contributed by atoms with Crippen molar-refractivity contribution in [3.05, 3.63) is 42.0 Å². The van der Waals surface area contributed by atoms with Crippen molar-refractivity contribution in [1.82, 2.24) is 10.2 Å². The van der Waals surface area contributed by atoms with Crippen LogP contribution in [0.15, 0.2) is 34.9 Å². The number of nitrogens with one attached hydrogen (secondary N) is 1. The maximum atomic E-state index is 8.58. The summed E-state index contributed by atoms with van der Waals surface area (Å²) in [5.74, 6) is 1.48. The zero-order valence-corrected chi connectivity index (χ0v) is 10.4. The fourth-order valence-corrected chi connectivity index (χ4v) is 1.44. The average Bonchev–Trinajstić information content (AvgIpc) is 2.96. The molecule has 98 valence electrons. The Morgan fingerprint density at radius 2 is 2.26 bits per heavy atom. The average molecular weight is 258 g/mol. The van der Waals surface area contributed by atoms with Crippen molar-refractivity contribution < 1.29 is 9.15 Å². The van der Waals surface area contributed by atoms with Gasteiger partial charge in [0, 0.05) is 13.2 Å². The summed E-state index contributed by atoms with van der Waals surface area (Å²) in [6.45, 7) is 1.86. The molecule has 2 rings (SSSR count). The molecule has 0 aliphatic heterocycles. The Bertz CT molecular complexity index is 517. The van der Waals surface area contributed by atoms with Gasteiger partial charge in [-0.2, -0.15) is 5.26 Å². The second-order valence-corrected chi connectivity index (χ2v) is 3.83. The largest absolute Gasteiger partial charge is 0.467 e. The number of anilines is 1. The van der Waals surface area contributed by atoms with Crippen molar-refractivity contribution in [2.45, 2.75) is 13.0 Å². The van der Waals surface area contributed by atoms with E-state index in [4.69, 9.17) is 14.4 Å². The molecule has 0 saturated carbocycles. The number of furan rings is 1. The van der Waals surface area contributed by atoms with E-state index in [2.05, 4.69) is 15.5 Å². The first kappa shape index (κ1) is 13.1. The van der Waals surface area contributed by atoms with Crippen LogP contribution < -0.4 is 5.32 Å². The standard InChI is InChI=1S/C13H14N4O2/c14-9-11-4-5-13(17-16-11)15-6-2-7-18-10-12-3-1-8-19-12/h1,3-5,8H,2,6-7,10H2,(H,15,17). The summed E-state index contributed by atoms with van der Waals surface area (Å²) in [5, 5.41) is 19.3. The van der Waals surface area contributed by atoms with E-state index in [1.807, 2.05) is 18.2 Å². The van der Waals surface area contributed by atoms with Gasteiger partial charge in [0.1, 0.15) is 24.3 Å². The van der Waals surface area contributed by atoms with Crippen LogP contribution in [-0.4, -0.2) is 23.3 Å². The van der Waals surface area contributed by atoms with E-state index in [0.29, 0.717) is 24.7 Å². The van der Waals surface area contributed by atoms with Gasteiger partial charge in [0.2, 0.25) is 0 Å². The Morgan fingerprint density at radius 1 is 1.32 bits per heavy atom. The van der Waals surface area contributed by atoms with Gasteiger partial charge >= 0.3 is 0 Å². The number of nitrogens with zero attached hydrogens (tertiary/aromatic N) is 3. The van der Waals surface area contributed by atoms with Crippen molar-refractivity contribution in [1.29, 1.82) is 5.26 Å². The zero-order valence-electron chi connectivity index (χ0n) is 10.4. The number of ether oxygens (including phenoxy) is 1. The molecular weight excluding hydrogens is 244 g/mol. The highest BCUT2D eigenvalue weighted by Crippen LogP contribution is 2.03. The third-order valence-corrected chi connectivity index (χ3v) is 2.38. The highest BCUT2D eigenvalue weighted by atomic mass is 16.5. The van der Waals surface area contributed by atoms with E-state index >= 15 is 0 Å². The molecule has 0 aromatic carbocycles. The van der Waals surface area contributed by atoms with Crippen LogP contribution >= 0.6 is 0 Å². The van der Waals surface area contributed by atoms with Gasteiger partial charge in [-0.3, -0.25) is 0 Å². The van der Waals surface area contributed by atoms with Crippen molar-refractivity contribution in [2.75, 3.05) is 18.5 Å². The Balaban J connectivity index is 1.57. The summed E-state index contributed by atoms with van der Waals surface area (Å²) < 4.78 is 10.6. The fraction of sp³-hybridized carbons (Fsp3) is 0.308. The van der Waals surface area contributed by atoms with E-state index < -0.39 is 0 Å². The first-order valence-corrected chi connectivity index (χ1v) is 5.96. The van der Waals surface area contributed by atoms with E-state index in [1.54, 1.807) is 18.4 Å². The van der Waals surface area contributed by atoms with Crippen LogP contribution in [0.4, 0.5) is 5.82 Å².